The third-order valence-electron chi connectivity index (χ3n) is 2.93. The molecule has 5 nitrogen and oxygen atoms in total. The van der Waals surface area contributed by atoms with Gasteiger partial charge >= 0.3 is 0 Å². The number of hydrogen-bond donors (Lipinski definition) is 2. The first kappa shape index (κ1) is 15.5. The van der Waals surface area contributed by atoms with E-state index in [1.165, 1.54) is 12.1 Å². The van der Waals surface area contributed by atoms with Crippen molar-refractivity contribution in [1.29, 1.82) is 0 Å². The van der Waals surface area contributed by atoms with Crippen molar-refractivity contribution in [3.8, 4) is 5.75 Å². The number of halogens is 1. The number of nitrogens with two attached hydrogens (primary N) is 1. The van der Waals surface area contributed by atoms with Crippen molar-refractivity contribution in [2.75, 3.05) is 17.6 Å². The first-order chi connectivity index (χ1) is 9.83. The SMILES string of the molecule is COc1ccc(NS(=O)(=O)c2cc(N)c(Cl)cc2C)cc1. The molecule has 3 N–H and O–H groups in total. The topological polar surface area (TPSA) is 81.4 Å². The third-order valence-corrected chi connectivity index (χ3v) is 4.78. The van der Waals surface area contributed by atoms with Gasteiger partial charge in [-0.15, -0.1) is 0 Å². The van der Waals surface area contributed by atoms with Crippen LogP contribution in [-0.2, 0) is 10.0 Å². The molecule has 0 aliphatic rings. The zero-order chi connectivity index (χ0) is 15.6. The van der Waals surface area contributed by atoms with Crippen LogP contribution < -0.4 is 15.2 Å². The van der Waals surface area contributed by atoms with Crippen LogP contribution in [-0.4, -0.2) is 15.5 Å². The van der Waals surface area contributed by atoms with E-state index in [0.29, 0.717) is 22.0 Å². The maximum atomic E-state index is 12.4. The molecule has 7 heteroatoms. The van der Waals surface area contributed by atoms with Crippen molar-refractivity contribution in [1.82, 2.24) is 0 Å². The van der Waals surface area contributed by atoms with Gasteiger partial charge in [0.1, 0.15) is 5.75 Å². The molecule has 0 saturated carbocycles. The Morgan fingerprint density at radius 2 is 1.81 bits per heavy atom. The number of methoxy groups -OCH3 is 1. The van der Waals surface area contributed by atoms with Gasteiger partial charge in [0.15, 0.2) is 0 Å². The highest BCUT2D eigenvalue weighted by Gasteiger charge is 2.18. The molecule has 0 aromatic heterocycles. The summed E-state index contributed by atoms with van der Waals surface area (Å²) in [5, 5.41) is 0.330. The minimum atomic E-state index is -3.73. The van der Waals surface area contributed by atoms with E-state index in [0.717, 1.165) is 0 Å². The number of anilines is 2. The van der Waals surface area contributed by atoms with Gasteiger partial charge in [0, 0.05) is 5.69 Å². The molecular weight excluding hydrogens is 312 g/mol. The zero-order valence-electron chi connectivity index (χ0n) is 11.6. The van der Waals surface area contributed by atoms with E-state index in [1.54, 1.807) is 38.3 Å². The van der Waals surface area contributed by atoms with Crippen LogP contribution in [0.5, 0.6) is 5.75 Å². The van der Waals surface area contributed by atoms with Crippen LogP contribution in [0, 0.1) is 6.92 Å². The number of ether oxygens (including phenoxy) is 1. The summed E-state index contributed by atoms with van der Waals surface area (Å²) in [5.74, 6) is 0.643. The van der Waals surface area contributed by atoms with Gasteiger partial charge in [-0.1, -0.05) is 11.6 Å². The Balaban J connectivity index is 2.35. The first-order valence-electron chi connectivity index (χ1n) is 6.06. The van der Waals surface area contributed by atoms with E-state index in [2.05, 4.69) is 4.72 Å². The van der Waals surface area contributed by atoms with Crippen molar-refractivity contribution in [3.05, 3.63) is 47.0 Å². The summed E-state index contributed by atoms with van der Waals surface area (Å²) in [6.07, 6.45) is 0. The minimum Gasteiger partial charge on any atom is -0.497 e. The van der Waals surface area contributed by atoms with Crippen molar-refractivity contribution in [3.63, 3.8) is 0 Å². The highest BCUT2D eigenvalue weighted by molar-refractivity contribution is 7.92. The van der Waals surface area contributed by atoms with Crippen molar-refractivity contribution in [2.24, 2.45) is 0 Å². The molecule has 0 fully saturated rings. The molecule has 0 radical (unpaired) electrons. The van der Waals surface area contributed by atoms with Gasteiger partial charge in [-0.3, -0.25) is 4.72 Å². The smallest absolute Gasteiger partial charge is 0.262 e. The Bertz CT molecular complexity index is 759. The Morgan fingerprint density at radius 3 is 2.38 bits per heavy atom. The fraction of sp³-hybridized carbons (Fsp3) is 0.143. The molecule has 0 atom stereocenters. The van der Waals surface area contributed by atoms with E-state index in [1.807, 2.05) is 0 Å². The van der Waals surface area contributed by atoms with Crippen LogP contribution in [0.4, 0.5) is 11.4 Å². The summed E-state index contributed by atoms with van der Waals surface area (Å²) >= 11 is 5.88. The number of nitrogen functional groups attached to an aromatic ring is 1. The average Bonchev–Trinajstić information content (AvgIpc) is 2.43. The van der Waals surface area contributed by atoms with Gasteiger partial charge in [0.05, 0.1) is 22.7 Å². The van der Waals surface area contributed by atoms with Gasteiger partial charge in [0.25, 0.3) is 10.0 Å². The molecule has 2 rings (SSSR count). The monoisotopic (exact) mass is 326 g/mol. The van der Waals surface area contributed by atoms with Crippen molar-refractivity contribution >= 4 is 33.0 Å². The fourth-order valence-corrected chi connectivity index (χ4v) is 3.37. The summed E-state index contributed by atoms with van der Waals surface area (Å²) in [4.78, 5) is 0.0974. The van der Waals surface area contributed by atoms with Gasteiger partial charge in [-0.05, 0) is 48.9 Å². The van der Waals surface area contributed by atoms with Crippen LogP contribution in [0.15, 0.2) is 41.3 Å². The number of benzene rings is 2. The van der Waals surface area contributed by atoms with Crippen LogP contribution >= 0.6 is 11.6 Å². The van der Waals surface area contributed by atoms with E-state index < -0.39 is 10.0 Å². The Labute approximate surface area is 128 Å². The van der Waals surface area contributed by atoms with Crippen LogP contribution in [0.3, 0.4) is 0 Å². The standard InChI is InChI=1S/C14H15ClN2O3S/c1-9-7-12(15)13(16)8-14(9)21(18,19)17-10-3-5-11(20-2)6-4-10/h3-8,17H,16H2,1-2H3. The fourth-order valence-electron chi connectivity index (χ4n) is 1.83. The molecule has 0 aliphatic heterocycles. The second-order valence-corrected chi connectivity index (χ2v) is 6.53. The molecular formula is C14H15ClN2O3S. The predicted octanol–water partition coefficient (Wildman–Crippen LogP) is 3.04. The molecule has 21 heavy (non-hydrogen) atoms. The summed E-state index contributed by atoms with van der Waals surface area (Å²) in [7, 11) is -2.19. The van der Waals surface area contributed by atoms with Crippen LogP contribution in [0.25, 0.3) is 0 Å². The van der Waals surface area contributed by atoms with Crippen molar-refractivity contribution < 1.29 is 13.2 Å². The largest absolute Gasteiger partial charge is 0.497 e. The summed E-state index contributed by atoms with van der Waals surface area (Å²) < 4.78 is 32.3. The number of nitrogens with one attached hydrogen (secondary N) is 1. The lowest BCUT2D eigenvalue weighted by Crippen LogP contribution is -2.14. The number of rotatable bonds is 4. The zero-order valence-corrected chi connectivity index (χ0v) is 13.1. The summed E-state index contributed by atoms with van der Waals surface area (Å²) in [6, 6.07) is 9.45. The van der Waals surface area contributed by atoms with Gasteiger partial charge in [-0.2, -0.15) is 0 Å². The van der Waals surface area contributed by atoms with E-state index >= 15 is 0 Å². The summed E-state index contributed by atoms with van der Waals surface area (Å²) in [6.45, 7) is 1.66. The maximum Gasteiger partial charge on any atom is 0.262 e. The predicted molar refractivity (Wildman–Crippen MR) is 84.4 cm³/mol. The number of aryl methyl sites for hydroxylation is 1. The Kier molecular flexibility index (Phi) is 4.29. The van der Waals surface area contributed by atoms with Gasteiger partial charge in [-0.25, -0.2) is 8.42 Å². The van der Waals surface area contributed by atoms with Crippen LogP contribution in [0.1, 0.15) is 5.56 Å². The average molecular weight is 327 g/mol. The highest BCUT2D eigenvalue weighted by Crippen LogP contribution is 2.27. The molecule has 0 heterocycles. The second kappa shape index (κ2) is 5.83. The molecule has 0 spiro atoms. The van der Waals surface area contributed by atoms with Crippen molar-refractivity contribution in [2.45, 2.75) is 11.8 Å². The molecule has 112 valence electrons. The summed E-state index contributed by atoms with van der Waals surface area (Å²) in [5.41, 5.74) is 6.85. The highest BCUT2D eigenvalue weighted by atomic mass is 35.5. The minimum absolute atomic E-state index is 0.0974. The van der Waals surface area contributed by atoms with Gasteiger partial charge in [0.2, 0.25) is 0 Å². The molecule has 0 unspecified atom stereocenters. The van der Waals surface area contributed by atoms with E-state index in [4.69, 9.17) is 22.1 Å². The maximum absolute atomic E-state index is 12.4. The molecule has 0 bridgehead atoms. The molecule has 0 amide bonds. The third kappa shape index (κ3) is 3.40. The lowest BCUT2D eigenvalue weighted by atomic mass is 10.2. The molecule has 2 aromatic rings. The number of hydrogen-bond acceptors (Lipinski definition) is 4. The van der Waals surface area contributed by atoms with Crippen LogP contribution in [0.2, 0.25) is 5.02 Å². The molecule has 0 aliphatic carbocycles. The van der Waals surface area contributed by atoms with E-state index in [9.17, 15) is 8.42 Å². The number of sulfonamides is 1. The lowest BCUT2D eigenvalue weighted by molar-refractivity contribution is 0.415. The second-order valence-electron chi connectivity index (χ2n) is 4.47. The Hall–Kier alpha value is -1.92. The normalized spacial score (nSPS) is 11.2. The Morgan fingerprint density at radius 1 is 1.19 bits per heavy atom. The molecule has 2 aromatic carbocycles. The lowest BCUT2D eigenvalue weighted by Gasteiger charge is -2.12. The quantitative estimate of drug-likeness (QED) is 0.846. The van der Waals surface area contributed by atoms with Gasteiger partial charge < -0.3 is 10.5 Å². The van der Waals surface area contributed by atoms with E-state index in [-0.39, 0.29) is 10.6 Å². The molecule has 0 saturated heterocycles. The first-order valence-corrected chi connectivity index (χ1v) is 7.92.